The van der Waals surface area contributed by atoms with Crippen LogP contribution in [-0.2, 0) is 25.9 Å². The van der Waals surface area contributed by atoms with Gasteiger partial charge in [-0.3, -0.25) is 14.3 Å². The molecule has 5 heterocycles. The largest absolute Gasteiger partial charge is 0.340 e. The van der Waals surface area contributed by atoms with Gasteiger partial charge in [0.05, 0.1) is 35.9 Å². The number of aryl methyl sites for hydroxylation is 2. The van der Waals surface area contributed by atoms with Gasteiger partial charge >= 0.3 is 0 Å². The van der Waals surface area contributed by atoms with E-state index in [0.29, 0.717) is 6.54 Å². The zero-order valence-corrected chi connectivity index (χ0v) is 25.5. The second-order valence-corrected chi connectivity index (χ2v) is 12.7. The lowest BCUT2D eigenvalue weighted by Crippen LogP contribution is -2.46. The van der Waals surface area contributed by atoms with Crippen LogP contribution in [0, 0.1) is 5.82 Å². The molecule has 0 amide bonds. The minimum atomic E-state index is -0.237. The van der Waals surface area contributed by atoms with E-state index >= 15 is 0 Å². The van der Waals surface area contributed by atoms with Crippen LogP contribution < -0.4 is 5.32 Å². The molecule has 0 spiro atoms. The zero-order valence-electron chi connectivity index (χ0n) is 24.7. The molecule has 0 unspecified atom stereocenters. The number of benzene rings is 2. The van der Waals surface area contributed by atoms with Gasteiger partial charge in [-0.15, -0.1) is 11.3 Å². The second kappa shape index (κ2) is 11.4. The first kappa shape index (κ1) is 27.4. The Labute approximate surface area is 258 Å². The van der Waals surface area contributed by atoms with E-state index < -0.39 is 0 Å². The number of hydrogen-bond donors (Lipinski definition) is 1. The predicted molar refractivity (Wildman–Crippen MR) is 173 cm³/mol. The Morgan fingerprint density at radius 2 is 1.86 bits per heavy atom. The summed E-state index contributed by atoms with van der Waals surface area (Å²) in [4.78, 5) is 16.7. The first-order valence-corrected chi connectivity index (χ1v) is 16.2. The Morgan fingerprint density at radius 1 is 0.977 bits per heavy atom. The molecular formula is C33H34FN9S. The maximum absolute atomic E-state index is 13.7. The van der Waals surface area contributed by atoms with Gasteiger partial charge in [-0.2, -0.15) is 10.2 Å². The van der Waals surface area contributed by atoms with Gasteiger partial charge in [0.1, 0.15) is 22.8 Å². The van der Waals surface area contributed by atoms with Crippen LogP contribution in [0.5, 0.6) is 0 Å². The van der Waals surface area contributed by atoms with Gasteiger partial charge in [-0.05, 0) is 60.8 Å². The molecule has 224 valence electrons. The average Bonchev–Trinajstić information content (AvgIpc) is 3.75. The molecule has 1 aliphatic heterocycles. The van der Waals surface area contributed by atoms with E-state index in [0.717, 1.165) is 96.8 Å². The lowest BCUT2D eigenvalue weighted by Gasteiger charge is -2.33. The predicted octanol–water partition coefficient (Wildman–Crippen LogP) is 5.57. The molecule has 1 fully saturated rings. The molecule has 2 aliphatic rings. The first-order chi connectivity index (χ1) is 21.6. The van der Waals surface area contributed by atoms with Crippen molar-refractivity contribution in [2.75, 3.05) is 44.6 Å². The summed E-state index contributed by atoms with van der Waals surface area (Å²) in [5.41, 5.74) is 6.54. The average molecular weight is 608 g/mol. The van der Waals surface area contributed by atoms with Gasteiger partial charge in [-0.25, -0.2) is 14.4 Å². The minimum Gasteiger partial charge on any atom is -0.340 e. The van der Waals surface area contributed by atoms with Crippen molar-refractivity contribution in [3.05, 3.63) is 83.8 Å². The molecule has 11 heteroatoms. The van der Waals surface area contributed by atoms with Crippen LogP contribution in [0.4, 0.5) is 15.9 Å². The number of anilines is 2. The Kier molecular flexibility index (Phi) is 7.08. The highest BCUT2D eigenvalue weighted by Crippen LogP contribution is 2.45. The van der Waals surface area contributed by atoms with Gasteiger partial charge in [0.2, 0.25) is 0 Å². The maximum Gasteiger partial charge on any atom is 0.142 e. The summed E-state index contributed by atoms with van der Waals surface area (Å²) in [6, 6.07) is 12.8. The summed E-state index contributed by atoms with van der Waals surface area (Å²) in [5, 5.41) is 15.2. The number of likely N-dealkylation sites (N-methyl/N-ethyl adjacent to an activating group) is 1. The van der Waals surface area contributed by atoms with E-state index in [9.17, 15) is 4.39 Å². The summed E-state index contributed by atoms with van der Waals surface area (Å²) in [5.74, 6) is 0.583. The SMILES string of the molecule is CCN1CCN(CCn2cc3c(n2)CCc2c-3sc3ncnc(Nc4ccc5c(cnn5Cc5cccc(F)c5)c4)c23)CC1. The number of fused-ring (bicyclic) bond motifs is 6. The Hall–Kier alpha value is -4.19. The fourth-order valence-electron chi connectivity index (χ4n) is 6.54. The van der Waals surface area contributed by atoms with Crippen molar-refractivity contribution < 1.29 is 4.39 Å². The molecule has 0 saturated carbocycles. The summed E-state index contributed by atoms with van der Waals surface area (Å²) in [7, 11) is 0. The van der Waals surface area contributed by atoms with Crippen molar-refractivity contribution in [3.8, 4) is 10.4 Å². The molecule has 8 rings (SSSR count). The molecule has 6 aromatic rings. The quantitative estimate of drug-likeness (QED) is 0.242. The molecule has 1 N–H and O–H groups in total. The number of nitrogens with zero attached hydrogens (tertiary/aromatic N) is 8. The number of nitrogens with one attached hydrogen (secondary N) is 1. The number of rotatable bonds is 8. The van der Waals surface area contributed by atoms with Crippen LogP contribution in [0.1, 0.15) is 23.7 Å². The fraction of sp³-hybridized carbons (Fsp3) is 0.333. The summed E-state index contributed by atoms with van der Waals surface area (Å²) < 4.78 is 17.7. The zero-order chi connectivity index (χ0) is 29.6. The molecule has 4 aromatic heterocycles. The number of thiophene rings is 1. The highest BCUT2D eigenvalue weighted by molar-refractivity contribution is 7.22. The normalized spacial score (nSPS) is 15.6. The summed E-state index contributed by atoms with van der Waals surface area (Å²) >= 11 is 1.74. The van der Waals surface area contributed by atoms with E-state index in [1.165, 1.54) is 27.8 Å². The van der Waals surface area contributed by atoms with Gasteiger partial charge < -0.3 is 10.2 Å². The Morgan fingerprint density at radius 3 is 2.73 bits per heavy atom. The lowest BCUT2D eigenvalue weighted by atomic mass is 9.95. The number of halogens is 1. The van der Waals surface area contributed by atoms with Crippen molar-refractivity contribution in [1.82, 2.24) is 39.3 Å². The van der Waals surface area contributed by atoms with Crippen molar-refractivity contribution in [2.45, 2.75) is 32.9 Å². The van der Waals surface area contributed by atoms with Gasteiger partial charge in [0.25, 0.3) is 0 Å². The third-order valence-corrected chi connectivity index (χ3v) is 10.1. The van der Waals surface area contributed by atoms with Crippen molar-refractivity contribution in [2.24, 2.45) is 0 Å². The van der Waals surface area contributed by atoms with Gasteiger partial charge in [0.15, 0.2) is 0 Å². The molecule has 0 radical (unpaired) electrons. The van der Waals surface area contributed by atoms with Crippen LogP contribution in [-0.4, -0.2) is 78.6 Å². The Balaban J connectivity index is 1.03. The highest BCUT2D eigenvalue weighted by Gasteiger charge is 2.27. The van der Waals surface area contributed by atoms with Crippen molar-refractivity contribution in [3.63, 3.8) is 0 Å². The van der Waals surface area contributed by atoms with Gasteiger partial charge in [-0.1, -0.05) is 19.1 Å². The third kappa shape index (κ3) is 5.14. The molecule has 0 bridgehead atoms. The maximum atomic E-state index is 13.7. The smallest absolute Gasteiger partial charge is 0.142 e. The molecule has 0 atom stereocenters. The monoisotopic (exact) mass is 607 g/mol. The summed E-state index contributed by atoms with van der Waals surface area (Å²) in [6.07, 6.45) is 7.57. The minimum absolute atomic E-state index is 0.237. The molecular weight excluding hydrogens is 573 g/mol. The second-order valence-electron chi connectivity index (χ2n) is 11.7. The molecule has 2 aromatic carbocycles. The summed E-state index contributed by atoms with van der Waals surface area (Å²) in [6.45, 7) is 10.4. The standard InChI is InChI=1S/C33H34FN9S/c1-2-40-10-12-41(13-11-40)14-15-42-20-27-28(39-42)8-7-26-30-32(35-21-36-33(30)44-31(26)27)38-25-6-9-29-23(17-25)18-37-43(29)19-22-4-3-5-24(34)16-22/h3-6,9,16-18,20-21H,2,7-8,10-15,19H2,1H3,(H,35,36,38). The number of piperazine rings is 1. The van der Waals surface area contributed by atoms with Crippen LogP contribution in [0.2, 0.25) is 0 Å². The molecule has 44 heavy (non-hydrogen) atoms. The van der Waals surface area contributed by atoms with Crippen LogP contribution in [0.15, 0.2) is 61.2 Å². The highest BCUT2D eigenvalue weighted by atomic mass is 32.1. The van der Waals surface area contributed by atoms with E-state index in [1.807, 2.05) is 23.0 Å². The third-order valence-electron chi connectivity index (χ3n) is 8.97. The van der Waals surface area contributed by atoms with E-state index in [4.69, 9.17) is 5.10 Å². The van der Waals surface area contributed by atoms with E-state index in [2.05, 4.69) is 60.1 Å². The topological polar surface area (TPSA) is 79.9 Å². The fourth-order valence-corrected chi connectivity index (χ4v) is 7.77. The van der Waals surface area contributed by atoms with E-state index in [1.54, 1.807) is 29.8 Å². The van der Waals surface area contributed by atoms with Crippen molar-refractivity contribution >= 4 is 44.0 Å². The first-order valence-electron chi connectivity index (χ1n) is 15.4. The Bertz CT molecular complexity index is 1970. The molecule has 1 saturated heterocycles. The van der Waals surface area contributed by atoms with Gasteiger partial charge in [0, 0.05) is 60.4 Å². The number of hydrogen-bond acceptors (Lipinski definition) is 8. The van der Waals surface area contributed by atoms with Crippen LogP contribution >= 0.6 is 11.3 Å². The van der Waals surface area contributed by atoms with Crippen LogP contribution in [0.25, 0.3) is 31.6 Å². The number of aromatic nitrogens is 6. The lowest BCUT2D eigenvalue weighted by molar-refractivity contribution is 0.133. The van der Waals surface area contributed by atoms with Crippen LogP contribution in [0.3, 0.4) is 0 Å². The molecule has 1 aliphatic carbocycles. The molecule has 9 nitrogen and oxygen atoms in total. The van der Waals surface area contributed by atoms with E-state index in [-0.39, 0.29) is 5.82 Å². The van der Waals surface area contributed by atoms with Crippen molar-refractivity contribution in [1.29, 1.82) is 0 Å².